The van der Waals surface area contributed by atoms with E-state index >= 15 is 0 Å². The van der Waals surface area contributed by atoms with Crippen molar-refractivity contribution in [3.63, 3.8) is 0 Å². The highest BCUT2D eigenvalue weighted by Gasteiger charge is 2.07. The second kappa shape index (κ2) is 6.79. The van der Waals surface area contributed by atoms with Crippen molar-refractivity contribution in [2.24, 2.45) is 7.05 Å². The molecular weight excluding hydrogens is 322 g/mol. The van der Waals surface area contributed by atoms with E-state index in [4.69, 9.17) is 4.55 Å². The van der Waals surface area contributed by atoms with E-state index in [1.165, 1.54) is 39.9 Å². The topological polar surface area (TPSA) is 59.3 Å². The highest BCUT2D eigenvalue weighted by molar-refractivity contribution is 7.85. The minimum atomic E-state index is -4.02. The Labute approximate surface area is 143 Å². The van der Waals surface area contributed by atoms with E-state index in [9.17, 15) is 8.42 Å². The van der Waals surface area contributed by atoms with Crippen LogP contribution in [0.25, 0.3) is 10.9 Å². The zero-order valence-electron chi connectivity index (χ0n) is 14.7. The van der Waals surface area contributed by atoms with Crippen molar-refractivity contribution < 1.29 is 13.0 Å². The van der Waals surface area contributed by atoms with Gasteiger partial charge in [-0.1, -0.05) is 29.3 Å². The van der Waals surface area contributed by atoms with Gasteiger partial charge in [-0.3, -0.25) is 4.55 Å². The lowest BCUT2D eigenvalue weighted by atomic mass is 10.1. The summed E-state index contributed by atoms with van der Waals surface area (Å²) < 4.78 is 31.8. The number of aryl methyl sites for hydroxylation is 4. The summed E-state index contributed by atoms with van der Waals surface area (Å²) in [7, 11) is -1.89. The van der Waals surface area contributed by atoms with Crippen molar-refractivity contribution in [3.8, 4) is 0 Å². The number of fused-ring (bicyclic) bond motifs is 1. The highest BCUT2D eigenvalue weighted by atomic mass is 32.2. The second-order valence-electron chi connectivity index (χ2n) is 6.08. The van der Waals surface area contributed by atoms with E-state index in [1.807, 2.05) is 6.92 Å². The molecule has 3 rings (SSSR count). The van der Waals surface area contributed by atoms with Crippen molar-refractivity contribution in [2.75, 3.05) is 0 Å². The van der Waals surface area contributed by atoms with Crippen molar-refractivity contribution in [2.45, 2.75) is 32.6 Å². The Kier molecular flexibility index (Phi) is 5.16. The van der Waals surface area contributed by atoms with Gasteiger partial charge >= 0.3 is 0 Å². The molecule has 5 heteroatoms. The van der Waals surface area contributed by atoms with Gasteiger partial charge in [0.15, 0.2) is 0 Å². The molecule has 0 aliphatic carbocycles. The number of hydrogen-bond acceptors (Lipinski definition) is 2. The van der Waals surface area contributed by atoms with Gasteiger partial charge in [0.1, 0.15) is 0 Å². The maximum atomic E-state index is 10.5. The first-order valence-electron chi connectivity index (χ1n) is 7.67. The lowest BCUT2D eigenvalue weighted by Gasteiger charge is -1.98. The molecule has 0 radical (unpaired) electrons. The molecule has 0 unspecified atom stereocenters. The fourth-order valence-corrected chi connectivity index (χ4v) is 3.06. The first-order chi connectivity index (χ1) is 11.1. The fraction of sp³-hybridized carbons (Fsp3) is 0.263. The third kappa shape index (κ3) is 3.86. The third-order valence-electron chi connectivity index (χ3n) is 4.28. The molecule has 0 atom stereocenters. The van der Waals surface area contributed by atoms with E-state index in [-0.39, 0.29) is 4.90 Å². The molecule has 0 fully saturated rings. The zero-order chi connectivity index (χ0) is 18.1. The van der Waals surface area contributed by atoms with Gasteiger partial charge in [0.25, 0.3) is 10.1 Å². The third-order valence-corrected chi connectivity index (χ3v) is 5.15. The smallest absolute Gasteiger partial charge is 0.294 e. The quantitative estimate of drug-likeness (QED) is 0.667. The Bertz CT molecular complexity index is 968. The molecule has 1 N–H and O–H groups in total. The van der Waals surface area contributed by atoms with Crippen LogP contribution in [0.1, 0.15) is 22.4 Å². The van der Waals surface area contributed by atoms with Crippen LogP contribution in [0.2, 0.25) is 0 Å². The molecule has 1 heterocycles. The number of rotatable bonds is 1. The summed E-state index contributed by atoms with van der Waals surface area (Å²) in [5, 5.41) is 1.39. The van der Waals surface area contributed by atoms with Crippen molar-refractivity contribution in [1.82, 2.24) is 4.57 Å². The Morgan fingerprint density at radius 2 is 1.42 bits per heavy atom. The van der Waals surface area contributed by atoms with Crippen molar-refractivity contribution >= 4 is 21.0 Å². The van der Waals surface area contributed by atoms with Gasteiger partial charge in [0.2, 0.25) is 0 Å². The molecule has 0 amide bonds. The maximum absolute atomic E-state index is 10.5. The van der Waals surface area contributed by atoms with Crippen LogP contribution in [0, 0.1) is 27.7 Å². The molecule has 3 aromatic rings. The van der Waals surface area contributed by atoms with Crippen LogP contribution in [-0.4, -0.2) is 17.5 Å². The van der Waals surface area contributed by atoms with Crippen LogP contribution < -0.4 is 0 Å². The van der Waals surface area contributed by atoms with Gasteiger partial charge in [-0.2, -0.15) is 8.42 Å². The van der Waals surface area contributed by atoms with Crippen LogP contribution in [-0.2, 0) is 17.2 Å². The monoisotopic (exact) mass is 345 g/mol. The summed E-state index contributed by atoms with van der Waals surface area (Å²) >= 11 is 0. The fourth-order valence-electron chi connectivity index (χ4n) is 2.58. The molecule has 0 bridgehead atoms. The molecule has 1 aromatic heterocycles. The normalized spacial score (nSPS) is 11.2. The Morgan fingerprint density at radius 1 is 0.875 bits per heavy atom. The van der Waals surface area contributed by atoms with Crippen LogP contribution in [0.3, 0.4) is 0 Å². The van der Waals surface area contributed by atoms with Crippen LogP contribution in [0.5, 0.6) is 0 Å². The van der Waals surface area contributed by atoms with E-state index in [0.29, 0.717) is 0 Å². The number of nitrogens with zero attached hydrogens (tertiary/aromatic N) is 1. The lowest BCUT2D eigenvalue weighted by molar-refractivity contribution is 0.483. The molecule has 0 saturated carbocycles. The Balaban J connectivity index is 0.000000177. The lowest BCUT2D eigenvalue weighted by Crippen LogP contribution is -1.96. The van der Waals surface area contributed by atoms with Gasteiger partial charge in [0.05, 0.1) is 4.90 Å². The maximum Gasteiger partial charge on any atom is 0.294 e. The minimum Gasteiger partial charge on any atom is -0.348 e. The predicted octanol–water partition coefficient (Wildman–Crippen LogP) is 4.35. The van der Waals surface area contributed by atoms with Gasteiger partial charge in [-0.25, -0.2) is 0 Å². The molecule has 0 aliphatic heterocycles. The predicted molar refractivity (Wildman–Crippen MR) is 98.1 cm³/mol. The van der Waals surface area contributed by atoms with Crippen LogP contribution in [0.15, 0.2) is 47.4 Å². The van der Waals surface area contributed by atoms with E-state index < -0.39 is 10.1 Å². The molecular formula is C19H23NO3S. The van der Waals surface area contributed by atoms with Crippen molar-refractivity contribution in [1.29, 1.82) is 0 Å². The summed E-state index contributed by atoms with van der Waals surface area (Å²) in [5.74, 6) is 0. The number of hydrogen-bond donors (Lipinski definition) is 1. The van der Waals surface area contributed by atoms with Crippen LogP contribution >= 0.6 is 0 Å². The summed E-state index contributed by atoms with van der Waals surface area (Å²) in [6, 6.07) is 12.6. The molecule has 4 nitrogen and oxygen atoms in total. The molecule has 24 heavy (non-hydrogen) atoms. The first-order valence-corrected chi connectivity index (χ1v) is 9.11. The van der Waals surface area contributed by atoms with Crippen LogP contribution in [0.4, 0.5) is 0 Å². The number of aromatic nitrogens is 1. The molecule has 0 aliphatic rings. The molecule has 0 saturated heterocycles. The standard InChI is InChI=1S/C12H15N.C7H8O3S/c1-8-5-6-12-11(7-8)9(2)10(3)13(12)4;1-6-2-4-7(5-3-6)11(8,9)10/h5-7H,1-4H3;2-5H,1H3,(H,8,9,10). The Hall–Kier alpha value is -2.11. The molecule has 2 aromatic carbocycles. The van der Waals surface area contributed by atoms with Gasteiger partial charge in [0, 0.05) is 23.6 Å². The van der Waals surface area contributed by atoms with Crippen molar-refractivity contribution in [3.05, 3.63) is 64.8 Å². The second-order valence-corrected chi connectivity index (χ2v) is 7.50. The van der Waals surface area contributed by atoms with Gasteiger partial charge in [-0.05, 0) is 57.5 Å². The SMILES string of the molecule is Cc1ccc(S(=O)(=O)O)cc1.Cc1ccc2c(c1)c(C)c(C)n2C. The zero-order valence-corrected chi connectivity index (χ0v) is 15.5. The Morgan fingerprint density at radius 3 is 1.96 bits per heavy atom. The summed E-state index contributed by atoms with van der Waals surface area (Å²) in [4.78, 5) is -0.0666. The minimum absolute atomic E-state index is 0.0666. The van der Waals surface area contributed by atoms with E-state index in [2.05, 4.69) is 50.6 Å². The molecule has 128 valence electrons. The number of benzene rings is 2. The average Bonchev–Trinajstić information content (AvgIpc) is 2.72. The van der Waals surface area contributed by atoms with Gasteiger partial charge < -0.3 is 4.57 Å². The van der Waals surface area contributed by atoms with E-state index in [0.717, 1.165) is 5.56 Å². The molecule has 0 spiro atoms. The largest absolute Gasteiger partial charge is 0.348 e. The summed E-state index contributed by atoms with van der Waals surface area (Å²) in [6.45, 7) is 8.34. The van der Waals surface area contributed by atoms with Gasteiger partial charge in [-0.15, -0.1) is 0 Å². The highest BCUT2D eigenvalue weighted by Crippen LogP contribution is 2.24. The first kappa shape index (κ1) is 18.2. The average molecular weight is 345 g/mol. The summed E-state index contributed by atoms with van der Waals surface area (Å²) in [5.41, 5.74) is 6.39. The van der Waals surface area contributed by atoms with E-state index in [1.54, 1.807) is 12.1 Å². The summed E-state index contributed by atoms with van der Waals surface area (Å²) in [6.07, 6.45) is 0.